The van der Waals surface area contributed by atoms with Crippen LogP contribution in [0.1, 0.15) is 46.0 Å². The van der Waals surface area contributed by atoms with Crippen molar-refractivity contribution < 1.29 is 9.90 Å². The molecular formula is C11H23NO2. The number of rotatable bonds is 9. The van der Waals surface area contributed by atoms with Crippen LogP contribution in [-0.2, 0) is 4.79 Å². The largest absolute Gasteiger partial charge is 0.481 e. The lowest BCUT2D eigenvalue weighted by Gasteiger charge is -2.12. The van der Waals surface area contributed by atoms with E-state index in [1.807, 2.05) is 0 Å². The second-order valence-corrected chi connectivity index (χ2v) is 3.74. The van der Waals surface area contributed by atoms with Crippen molar-refractivity contribution in [2.75, 3.05) is 13.1 Å². The fourth-order valence-corrected chi connectivity index (χ4v) is 1.41. The number of unbranched alkanes of at least 4 members (excludes halogenated alkanes) is 1. The van der Waals surface area contributed by atoms with Crippen LogP contribution in [0.15, 0.2) is 0 Å². The molecule has 0 fully saturated rings. The molecule has 0 spiro atoms. The molecule has 0 rings (SSSR count). The lowest BCUT2D eigenvalue weighted by molar-refractivity contribution is -0.137. The van der Waals surface area contributed by atoms with Crippen LogP contribution in [0.25, 0.3) is 0 Å². The van der Waals surface area contributed by atoms with Crippen LogP contribution in [0.2, 0.25) is 0 Å². The Balaban J connectivity index is 3.16. The first-order valence-electron chi connectivity index (χ1n) is 5.63. The predicted molar refractivity (Wildman–Crippen MR) is 58.4 cm³/mol. The maximum absolute atomic E-state index is 10.2. The SMILES string of the molecule is CCC(CC)CNCCCCC(=O)O. The molecule has 0 aromatic rings. The Labute approximate surface area is 86.9 Å². The highest BCUT2D eigenvalue weighted by Crippen LogP contribution is 2.05. The van der Waals surface area contributed by atoms with Crippen LogP contribution >= 0.6 is 0 Å². The molecule has 0 amide bonds. The number of carboxylic acid groups (broad SMARTS) is 1. The smallest absolute Gasteiger partial charge is 0.303 e. The van der Waals surface area contributed by atoms with Gasteiger partial charge in [0, 0.05) is 6.42 Å². The fraction of sp³-hybridized carbons (Fsp3) is 0.909. The normalized spacial score (nSPS) is 10.8. The average Bonchev–Trinajstić information content (AvgIpc) is 2.16. The Bertz CT molecular complexity index is 144. The van der Waals surface area contributed by atoms with Crippen molar-refractivity contribution >= 4 is 5.97 Å². The molecule has 0 aliphatic carbocycles. The van der Waals surface area contributed by atoms with Gasteiger partial charge in [-0.1, -0.05) is 26.7 Å². The summed E-state index contributed by atoms with van der Waals surface area (Å²) >= 11 is 0. The number of carbonyl (C=O) groups is 1. The second kappa shape index (κ2) is 9.00. The summed E-state index contributed by atoms with van der Waals surface area (Å²) in [5.41, 5.74) is 0. The molecule has 0 aromatic carbocycles. The van der Waals surface area contributed by atoms with Gasteiger partial charge in [0.1, 0.15) is 0 Å². The Kier molecular flexibility index (Phi) is 8.64. The van der Waals surface area contributed by atoms with Crippen molar-refractivity contribution in [2.45, 2.75) is 46.0 Å². The molecule has 0 bridgehead atoms. The van der Waals surface area contributed by atoms with Crippen molar-refractivity contribution in [2.24, 2.45) is 5.92 Å². The molecule has 0 aliphatic heterocycles. The van der Waals surface area contributed by atoms with E-state index >= 15 is 0 Å². The molecule has 0 aliphatic rings. The summed E-state index contributed by atoms with van der Waals surface area (Å²) in [5.74, 6) is 0.0828. The molecule has 0 unspecified atom stereocenters. The fourth-order valence-electron chi connectivity index (χ4n) is 1.41. The molecule has 84 valence electrons. The first-order valence-corrected chi connectivity index (χ1v) is 5.63. The van der Waals surface area contributed by atoms with Crippen LogP contribution in [0.3, 0.4) is 0 Å². The van der Waals surface area contributed by atoms with Crippen molar-refractivity contribution in [3.8, 4) is 0 Å². The third-order valence-electron chi connectivity index (χ3n) is 2.58. The van der Waals surface area contributed by atoms with Crippen LogP contribution in [0.4, 0.5) is 0 Å². The molecule has 0 saturated carbocycles. The maximum atomic E-state index is 10.2. The summed E-state index contributed by atoms with van der Waals surface area (Å²) in [6, 6.07) is 0. The van der Waals surface area contributed by atoms with Crippen molar-refractivity contribution in [3.63, 3.8) is 0 Å². The minimum Gasteiger partial charge on any atom is -0.481 e. The van der Waals surface area contributed by atoms with E-state index in [0.29, 0.717) is 6.42 Å². The van der Waals surface area contributed by atoms with Crippen molar-refractivity contribution in [3.05, 3.63) is 0 Å². The van der Waals surface area contributed by atoms with Crippen molar-refractivity contribution in [1.82, 2.24) is 5.32 Å². The molecule has 0 heterocycles. The number of nitrogens with one attached hydrogen (secondary N) is 1. The first-order chi connectivity index (χ1) is 6.70. The average molecular weight is 201 g/mol. The number of aliphatic carboxylic acids is 1. The lowest BCUT2D eigenvalue weighted by atomic mass is 10.0. The summed E-state index contributed by atoms with van der Waals surface area (Å²) < 4.78 is 0. The molecule has 3 heteroatoms. The Morgan fingerprint density at radius 2 is 1.93 bits per heavy atom. The van der Waals surface area contributed by atoms with Gasteiger partial charge in [-0.05, 0) is 31.8 Å². The zero-order valence-corrected chi connectivity index (χ0v) is 9.38. The third-order valence-corrected chi connectivity index (χ3v) is 2.58. The first kappa shape index (κ1) is 13.4. The molecule has 2 N–H and O–H groups in total. The van der Waals surface area contributed by atoms with E-state index in [0.717, 1.165) is 31.8 Å². The summed E-state index contributed by atoms with van der Waals surface area (Å²) in [6.07, 6.45) is 4.49. The second-order valence-electron chi connectivity index (χ2n) is 3.74. The summed E-state index contributed by atoms with van der Waals surface area (Å²) in [4.78, 5) is 10.2. The molecule has 0 saturated heterocycles. The van der Waals surface area contributed by atoms with E-state index in [1.54, 1.807) is 0 Å². The summed E-state index contributed by atoms with van der Waals surface area (Å²) in [5, 5.41) is 11.8. The van der Waals surface area contributed by atoms with Gasteiger partial charge in [0.15, 0.2) is 0 Å². The quantitative estimate of drug-likeness (QED) is 0.563. The molecule has 0 aromatic heterocycles. The monoisotopic (exact) mass is 201 g/mol. The number of carboxylic acids is 1. The minimum atomic E-state index is -0.690. The maximum Gasteiger partial charge on any atom is 0.303 e. The third kappa shape index (κ3) is 8.05. The molecule has 0 atom stereocenters. The standard InChI is InChI=1S/C11H23NO2/c1-3-10(4-2)9-12-8-6-5-7-11(13)14/h10,12H,3-9H2,1-2H3,(H,13,14). The topological polar surface area (TPSA) is 49.3 Å². The Morgan fingerprint density at radius 1 is 1.29 bits per heavy atom. The van der Waals surface area contributed by atoms with Crippen LogP contribution in [0, 0.1) is 5.92 Å². The van der Waals surface area contributed by atoms with E-state index in [1.165, 1.54) is 12.8 Å². The van der Waals surface area contributed by atoms with Crippen LogP contribution in [-0.4, -0.2) is 24.2 Å². The van der Waals surface area contributed by atoms with E-state index in [4.69, 9.17) is 5.11 Å². The van der Waals surface area contributed by atoms with Gasteiger partial charge in [-0.25, -0.2) is 0 Å². The van der Waals surface area contributed by atoms with Crippen LogP contribution in [0.5, 0.6) is 0 Å². The highest BCUT2D eigenvalue weighted by atomic mass is 16.4. The zero-order valence-electron chi connectivity index (χ0n) is 9.38. The highest BCUT2D eigenvalue weighted by Gasteiger charge is 2.01. The Hall–Kier alpha value is -0.570. The van der Waals surface area contributed by atoms with Gasteiger partial charge in [-0.15, -0.1) is 0 Å². The van der Waals surface area contributed by atoms with E-state index in [2.05, 4.69) is 19.2 Å². The summed E-state index contributed by atoms with van der Waals surface area (Å²) in [7, 11) is 0. The predicted octanol–water partition coefficient (Wildman–Crippen LogP) is 2.27. The van der Waals surface area contributed by atoms with Gasteiger partial charge in [0.25, 0.3) is 0 Å². The molecule has 0 radical (unpaired) electrons. The van der Waals surface area contributed by atoms with E-state index in [9.17, 15) is 4.79 Å². The molecule has 3 nitrogen and oxygen atoms in total. The number of hydrogen-bond donors (Lipinski definition) is 2. The van der Waals surface area contributed by atoms with Gasteiger partial charge in [-0.3, -0.25) is 4.79 Å². The molecule has 14 heavy (non-hydrogen) atoms. The van der Waals surface area contributed by atoms with Crippen molar-refractivity contribution in [1.29, 1.82) is 0 Å². The minimum absolute atomic E-state index is 0.298. The van der Waals surface area contributed by atoms with Gasteiger partial charge in [0.05, 0.1) is 0 Å². The van der Waals surface area contributed by atoms with Gasteiger partial charge in [-0.2, -0.15) is 0 Å². The lowest BCUT2D eigenvalue weighted by Crippen LogP contribution is -2.23. The van der Waals surface area contributed by atoms with E-state index < -0.39 is 5.97 Å². The van der Waals surface area contributed by atoms with E-state index in [-0.39, 0.29) is 0 Å². The van der Waals surface area contributed by atoms with Crippen LogP contribution < -0.4 is 5.32 Å². The molecular weight excluding hydrogens is 178 g/mol. The van der Waals surface area contributed by atoms with Gasteiger partial charge >= 0.3 is 5.97 Å². The highest BCUT2D eigenvalue weighted by molar-refractivity contribution is 5.66. The van der Waals surface area contributed by atoms with Gasteiger partial charge < -0.3 is 10.4 Å². The Morgan fingerprint density at radius 3 is 2.43 bits per heavy atom. The van der Waals surface area contributed by atoms with Gasteiger partial charge in [0.2, 0.25) is 0 Å². The number of hydrogen-bond acceptors (Lipinski definition) is 2. The summed E-state index contributed by atoms with van der Waals surface area (Å²) in [6.45, 7) is 6.43. The zero-order chi connectivity index (χ0) is 10.8.